The number of aryl methyl sites for hydroxylation is 1. The summed E-state index contributed by atoms with van der Waals surface area (Å²) in [4.78, 5) is 37.9. The quantitative estimate of drug-likeness (QED) is 0.289. The number of rotatable bonds is 9. The molecule has 0 saturated carbocycles. The molecule has 3 aromatic heterocycles. The number of aromatic amines is 1. The molecular weight excluding hydrogens is 464 g/mol. The SMILES string of the molecule is Cc1cnc(NCC(c2ccccc2)c2ccccc2)c(=O)n1CC(=O)NCc1ccc2[nH]ccc2n1. The zero-order valence-corrected chi connectivity index (χ0v) is 20.5. The molecule has 2 aromatic carbocycles. The van der Waals surface area contributed by atoms with Crippen LogP contribution >= 0.6 is 0 Å². The van der Waals surface area contributed by atoms with Crippen LogP contribution in [0.5, 0.6) is 0 Å². The van der Waals surface area contributed by atoms with Crippen LogP contribution in [-0.4, -0.2) is 32.0 Å². The Morgan fingerprint density at radius 3 is 2.38 bits per heavy atom. The van der Waals surface area contributed by atoms with Gasteiger partial charge in [-0.1, -0.05) is 60.7 Å². The van der Waals surface area contributed by atoms with E-state index in [1.165, 1.54) is 4.57 Å². The lowest BCUT2D eigenvalue weighted by molar-refractivity contribution is -0.121. The zero-order chi connectivity index (χ0) is 25.6. The van der Waals surface area contributed by atoms with Crippen LogP contribution in [0.15, 0.2) is 96.1 Å². The summed E-state index contributed by atoms with van der Waals surface area (Å²) in [5.41, 5.74) is 5.08. The standard InChI is InChI=1S/C29H28N6O2/c1-20-16-32-28(33-18-24(21-8-4-2-5-9-21)22-10-6-3-7-11-22)29(37)35(20)19-27(36)31-17-23-12-13-25-26(34-23)14-15-30-25/h2-16,24,30H,17-19H2,1H3,(H,31,36)(H,32,33). The van der Waals surface area contributed by atoms with Gasteiger partial charge in [-0.15, -0.1) is 0 Å². The third-order valence-corrected chi connectivity index (χ3v) is 6.36. The minimum absolute atomic E-state index is 0.0338. The van der Waals surface area contributed by atoms with E-state index in [0.29, 0.717) is 12.2 Å². The van der Waals surface area contributed by atoms with Gasteiger partial charge in [0.25, 0.3) is 5.56 Å². The predicted molar refractivity (Wildman–Crippen MR) is 144 cm³/mol. The molecule has 186 valence electrons. The normalized spacial score (nSPS) is 11.1. The number of amides is 1. The van der Waals surface area contributed by atoms with Crippen molar-refractivity contribution in [1.29, 1.82) is 0 Å². The molecule has 3 heterocycles. The van der Waals surface area contributed by atoms with E-state index in [2.05, 4.69) is 49.9 Å². The maximum atomic E-state index is 13.2. The van der Waals surface area contributed by atoms with Crippen molar-refractivity contribution >= 4 is 22.8 Å². The van der Waals surface area contributed by atoms with E-state index in [1.54, 1.807) is 13.1 Å². The molecule has 0 bridgehead atoms. The largest absolute Gasteiger partial charge is 0.365 e. The summed E-state index contributed by atoms with van der Waals surface area (Å²) in [7, 11) is 0. The van der Waals surface area contributed by atoms with Gasteiger partial charge in [-0.3, -0.25) is 14.2 Å². The second kappa shape index (κ2) is 10.9. The van der Waals surface area contributed by atoms with E-state index in [-0.39, 0.29) is 36.3 Å². The molecule has 8 nitrogen and oxygen atoms in total. The van der Waals surface area contributed by atoms with Gasteiger partial charge in [-0.05, 0) is 36.2 Å². The van der Waals surface area contributed by atoms with Gasteiger partial charge in [0.15, 0.2) is 5.82 Å². The Bertz CT molecular complexity index is 1520. The topological polar surface area (TPSA) is 105 Å². The number of nitrogens with one attached hydrogen (secondary N) is 3. The van der Waals surface area contributed by atoms with E-state index >= 15 is 0 Å². The van der Waals surface area contributed by atoms with Gasteiger partial charge < -0.3 is 15.6 Å². The lowest BCUT2D eigenvalue weighted by Crippen LogP contribution is -2.35. The number of hydrogen-bond donors (Lipinski definition) is 3. The first-order valence-electron chi connectivity index (χ1n) is 12.2. The highest BCUT2D eigenvalue weighted by Gasteiger charge is 2.17. The Labute approximate surface area is 214 Å². The highest BCUT2D eigenvalue weighted by atomic mass is 16.2. The van der Waals surface area contributed by atoms with Gasteiger partial charge in [-0.2, -0.15) is 0 Å². The average molecular weight is 493 g/mol. The molecular formula is C29H28N6O2. The number of aromatic nitrogens is 4. The number of hydrogen-bond acceptors (Lipinski definition) is 5. The molecule has 8 heteroatoms. The Morgan fingerprint density at radius 2 is 1.68 bits per heavy atom. The number of anilines is 1. The number of carbonyl (C=O) groups is 1. The maximum absolute atomic E-state index is 13.2. The second-order valence-corrected chi connectivity index (χ2v) is 8.88. The fraction of sp³-hybridized carbons (Fsp3) is 0.172. The molecule has 0 atom stereocenters. The summed E-state index contributed by atoms with van der Waals surface area (Å²) in [5.74, 6) is -0.0221. The molecule has 0 fully saturated rings. The van der Waals surface area contributed by atoms with Gasteiger partial charge in [0, 0.05) is 30.6 Å². The Hall–Kier alpha value is -4.72. The minimum atomic E-state index is -0.332. The van der Waals surface area contributed by atoms with Crippen LogP contribution in [0.25, 0.3) is 11.0 Å². The Morgan fingerprint density at radius 1 is 0.973 bits per heavy atom. The van der Waals surface area contributed by atoms with Gasteiger partial charge in [-0.25, -0.2) is 9.97 Å². The molecule has 0 aliphatic heterocycles. The summed E-state index contributed by atoms with van der Waals surface area (Å²) >= 11 is 0. The lowest BCUT2D eigenvalue weighted by Gasteiger charge is -2.19. The van der Waals surface area contributed by atoms with Crippen molar-refractivity contribution in [2.75, 3.05) is 11.9 Å². The van der Waals surface area contributed by atoms with E-state index in [9.17, 15) is 9.59 Å². The third-order valence-electron chi connectivity index (χ3n) is 6.36. The van der Waals surface area contributed by atoms with Crippen molar-refractivity contribution in [1.82, 2.24) is 24.8 Å². The molecule has 1 amide bonds. The van der Waals surface area contributed by atoms with Crippen molar-refractivity contribution < 1.29 is 4.79 Å². The molecule has 0 spiro atoms. The second-order valence-electron chi connectivity index (χ2n) is 8.88. The van der Waals surface area contributed by atoms with Gasteiger partial charge >= 0.3 is 0 Å². The summed E-state index contributed by atoms with van der Waals surface area (Å²) in [5, 5.41) is 6.09. The van der Waals surface area contributed by atoms with Crippen LogP contribution in [0.4, 0.5) is 5.82 Å². The van der Waals surface area contributed by atoms with E-state index in [1.807, 2.05) is 60.8 Å². The number of fused-ring (bicyclic) bond motifs is 1. The van der Waals surface area contributed by atoms with Gasteiger partial charge in [0.2, 0.25) is 5.91 Å². The molecule has 3 N–H and O–H groups in total. The third kappa shape index (κ3) is 5.59. The summed E-state index contributed by atoms with van der Waals surface area (Å²) in [6.45, 7) is 2.43. The molecule has 0 aliphatic rings. The van der Waals surface area contributed by atoms with Crippen molar-refractivity contribution in [2.45, 2.75) is 25.9 Å². The first-order chi connectivity index (χ1) is 18.1. The number of pyridine rings is 1. The van der Waals surface area contributed by atoms with Crippen molar-refractivity contribution in [2.24, 2.45) is 0 Å². The fourth-order valence-corrected chi connectivity index (χ4v) is 4.35. The zero-order valence-electron chi connectivity index (χ0n) is 20.5. The first-order valence-corrected chi connectivity index (χ1v) is 12.2. The van der Waals surface area contributed by atoms with Crippen LogP contribution in [0.2, 0.25) is 0 Å². The van der Waals surface area contributed by atoms with Crippen LogP contribution in [0.1, 0.15) is 28.4 Å². The summed E-state index contributed by atoms with van der Waals surface area (Å²) in [6, 6.07) is 26.0. The van der Waals surface area contributed by atoms with E-state index < -0.39 is 0 Å². The monoisotopic (exact) mass is 492 g/mol. The number of H-pyrrole nitrogens is 1. The van der Waals surface area contributed by atoms with E-state index in [4.69, 9.17) is 0 Å². The van der Waals surface area contributed by atoms with Crippen molar-refractivity contribution in [3.63, 3.8) is 0 Å². The number of carbonyl (C=O) groups excluding carboxylic acids is 1. The van der Waals surface area contributed by atoms with Crippen LogP contribution in [0.3, 0.4) is 0 Å². The Balaban J connectivity index is 1.28. The van der Waals surface area contributed by atoms with Crippen molar-refractivity contribution in [3.05, 3.63) is 124 Å². The predicted octanol–water partition coefficient (Wildman–Crippen LogP) is 3.99. The smallest absolute Gasteiger partial charge is 0.293 e. The average Bonchev–Trinajstić information content (AvgIpc) is 3.40. The molecule has 0 radical (unpaired) electrons. The molecule has 0 unspecified atom stereocenters. The fourth-order valence-electron chi connectivity index (χ4n) is 4.35. The maximum Gasteiger partial charge on any atom is 0.293 e. The van der Waals surface area contributed by atoms with Crippen LogP contribution in [-0.2, 0) is 17.9 Å². The van der Waals surface area contributed by atoms with E-state index in [0.717, 1.165) is 27.9 Å². The van der Waals surface area contributed by atoms with Crippen LogP contribution < -0.4 is 16.2 Å². The molecule has 5 aromatic rings. The van der Waals surface area contributed by atoms with Gasteiger partial charge in [0.1, 0.15) is 6.54 Å². The molecule has 5 rings (SSSR count). The first kappa shape index (κ1) is 24.0. The Kier molecular flexibility index (Phi) is 7.07. The van der Waals surface area contributed by atoms with Gasteiger partial charge in [0.05, 0.1) is 23.3 Å². The highest BCUT2D eigenvalue weighted by molar-refractivity contribution is 5.76. The summed E-state index contributed by atoms with van der Waals surface area (Å²) in [6.07, 6.45) is 3.44. The number of benzene rings is 2. The van der Waals surface area contributed by atoms with Crippen molar-refractivity contribution in [3.8, 4) is 0 Å². The highest BCUT2D eigenvalue weighted by Crippen LogP contribution is 2.24. The molecule has 37 heavy (non-hydrogen) atoms. The molecule has 0 aliphatic carbocycles. The molecule has 0 saturated heterocycles. The lowest BCUT2D eigenvalue weighted by atomic mass is 9.91. The minimum Gasteiger partial charge on any atom is -0.365 e. The summed E-state index contributed by atoms with van der Waals surface area (Å²) < 4.78 is 1.44. The van der Waals surface area contributed by atoms with Crippen LogP contribution in [0, 0.1) is 6.92 Å². The number of nitrogens with zero attached hydrogens (tertiary/aromatic N) is 3.